The van der Waals surface area contributed by atoms with Crippen LogP contribution in [0.15, 0.2) is 57.0 Å². The summed E-state index contributed by atoms with van der Waals surface area (Å²) in [6.45, 7) is 0. The highest BCUT2D eigenvalue weighted by Gasteiger charge is 2.15. The topological polar surface area (TPSA) is 113 Å². The van der Waals surface area contributed by atoms with Crippen molar-refractivity contribution in [2.24, 2.45) is 4.99 Å². The van der Waals surface area contributed by atoms with Gasteiger partial charge in [0.1, 0.15) is 5.56 Å². The lowest BCUT2D eigenvalue weighted by molar-refractivity contribution is 0.430. The average Bonchev–Trinajstić information content (AvgIpc) is 3.16. The van der Waals surface area contributed by atoms with Crippen molar-refractivity contribution in [2.75, 3.05) is 0 Å². The lowest BCUT2D eigenvalue weighted by atomic mass is 10.2. The standard InChI is InChI=1S/C19H10Cl3N5O3S/c20-9-2-1-3-11(6-9)27-17(29)13(15(28)24-19(27)30)8-23-18-26-25-16(31-18)12-5-4-10(21)7-14(12)22/h1-8,29H,(H,24,28,30)/b23-8+. The van der Waals surface area contributed by atoms with Gasteiger partial charge in [0.2, 0.25) is 11.0 Å². The van der Waals surface area contributed by atoms with Crippen molar-refractivity contribution in [1.29, 1.82) is 0 Å². The van der Waals surface area contributed by atoms with Crippen LogP contribution in [-0.4, -0.2) is 31.1 Å². The zero-order valence-electron chi connectivity index (χ0n) is 15.2. The number of aromatic amines is 1. The van der Waals surface area contributed by atoms with Crippen LogP contribution in [0.25, 0.3) is 16.3 Å². The van der Waals surface area contributed by atoms with E-state index in [4.69, 9.17) is 34.8 Å². The number of benzene rings is 2. The molecule has 31 heavy (non-hydrogen) atoms. The molecule has 0 amide bonds. The smallest absolute Gasteiger partial charge is 0.335 e. The highest BCUT2D eigenvalue weighted by molar-refractivity contribution is 7.18. The zero-order chi connectivity index (χ0) is 22.1. The van der Waals surface area contributed by atoms with Gasteiger partial charge in [-0.2, -0.15) is 0 Å². The van der Waals surface area contributed by atoms with E-state index in [9.17, 15) is 14.7 Å². The fourth-order valence-electron chi connectivity index (χ4n) is 2.67. The SMILES string of the molecule is O=c1[nH]c(=O)n(-c2cccc(Cl)c2)c(O)c1/C=N/c1nnc(-c2ccc(Cl)cc2Cl)s1. The van der Waals surface area contributed by atoms with Gasteiger partial charge in [-0.25, -0.2) is 14.4 Å². The first kappa shape index (κ1) is 21.3. The fourth-order valence-corrected chi connectivity index (χ4v) is 4.14. The van der Waals surface area contributed by atoms with Gasteiger partial charge in [0.25, 0.3) is 5.56 Å². The summed E-state index contributed by atoms with van der Waals surface area (Å²) in [7, 11) is 0. The number of H-pyrrole nitrogens is 1. The Morgan fingerprint density at radius 2 is 1.84 bits per heavy atom. The molecule has 0 bridgehead atoms. The maximum Gasteiger partial charge on any atom is 0.335 e. The van der Waals surface area contributed by atoms with Gasteiger partial charge in [-0.05, 0) is 36.4 Å². The Morgan fingerprint density at radius 3 is 2.58 bits per heavy atom. The Balaban J connectivity index is 1.72. The van der Waals surface area contributed by atoms with Gasteiger partial charge in [0.05, 0.1) is 10.7 Å². The molecule has 2 aromatic heterocycles. The Kier molecular flexibility index (Phi) is 5.92. The minimum atomic E-state index is -0.822. The summed E-state index contributed by atoms with van der Waals surface area (Å²) in [5.41, 5.74) is -0.968. The van der Waals surface area contributed by atoms with E-state index in [2.05, 4.69) is 20.2 Å². The first-order chi connectivity index (χ1) is 14.8. The van der Waals surface area contributed by atoms with Crippen LogP contribution in [-0.2, 0) is 0 Å². The molecule has 0 saturated carbocycles. The van der Waals surface area contributed by atoms with Gasteiger partial charge in [-0.15, -0.1) is 10.2 Å². The summed E-state index contributed by atoms with van der Waals surface area (Å²) in [5.74, 6) is -0.592. The molecule has 0 spiro atoms. The van der Waals surface area contributed by atoms with Crippen molar-refractivity contribution >= 4 is 57.5 Å². The second kappa shape index (κ2) is 8.64. The molecular formula is C19H10Cl3N5O3S. The van der Waals surface area contributed by atoms with E-state index in [1.165, 1.54) is 6.07 Å². The molecule has 2 N–H and O–H groups in total. The zero-order valence-corrected chi connectivity index (χ0v) is 18.3. The minimum Gasteiger partial charge on any atom is -0.493 e. The number of hydrogen-bond donors (Lipinski definition) is 2. The van der Waals surface area contributed by atoms with Crippen molar-refractivity contribution < 1.29 is 5.11 Å². The third kappa shape index (κ3) is 4.40. The van der Waals surface area contributed by atoms with Gasteiger partial charge >= 0.3 is 5.69 Å². The number of rotatable bonds is 4. The number of aliphatic imine (C=N–C) groups is 1. The van der Waals surface area contributed by atoms with Crippen LogP contribution < -0.4 is 11.2 Å². The molecule has 0 radical (unpaired) electrons. The fraction of sp³-hybridized carbons (Fsp3) is 0. The first-order valence-electron chi connectivity index (χ1n) is 8.50. The van der Waals surface area contributed by atoms with E-state index in [-0.39, 0.29) is 16.4 Å². The molecule has 12 heteroatoms. The minimum absolute atomic E-state index is 0.209. The van der Waals surface area contributed by atoms with E-state index in [1.807, 2.05) is 0 Å². The molecule has 4 aromatic rings. The maximum atomic E-state index is 12.2. The molecule has 0 fully saturated rings. The van der Waals surface area contributed by atoms with E-state index in [1.54, 1.807) is 36.4 Å². The average molecular weight is 495 g/mol. The highest BCUT2D eigenvalue weighted by atomic mass is 35.5. The number of halogens is 3. The van der Waals surface area contributed by atoms with Crippen molar-refractivity contribution in [3.05, 3.63) is 83.9 Å². The second-order valence-electron chi connectivity index (χ2n) is 6.08. The second-order valence-corrected chi connectivity index (χ2v) is 8.32. The Morgan fingerprint density at radius 1 is 1.06 bits per heavy atom. The molecule has 156 valence electrons. The van der Waals surface area contributed by atoms with Gasteiger partial charge in [-0.3, -0.25) is 9.78 Å². The Bertz CT molecular complexity index is 1440. The molecule has 0 atom stereocenters. The summed E-state index contributed by atoms with van der Waals surface area (Å²) in [6, 6.07) is 11.2. The Hall–Kier alpha value is -2.98. The van der Waals surface area contributed by atoms with Crippen molar-refractivity contribution in [1.82, 2.24) is 19.7 Å². The number of nitrogens with one attached hydrogen (secondary N) is 1. The molecule has 0 aliphatic carbocycles. The molecular weight excluding hydrogens is 485 g/mol. The summed E-state index contributed by atoms with van der Waals surface area (Å²) in [6.07, 6.45) is 1.10. The number of aromatic hydroxyl groups is 1. The molecule has 4 rings (SSSR count). The highest BCUT2D eigenvalue weighted by Crippen LogP contribution is 2.34. The Labute approximate surface area is 193 Å². The molecule has 0 aliphatic heterocycles. The number of hydrogen-bond acceptors (Lipinski definition) is 7. The third-order valence-corrected chi connectivity index (χ3v) is 5.71. The summed E-state index contributed by atoms with van der Waals surface area (Å²) in [5, 5.41) is 20.5. The number of nitrogens with zero attached hydrogens (tertiary/aromatic N) is 4. The molecule has 0 unspecified atom stereocenters. The monoisotopic (exact) mass is 493 g/mol. The molecule has 8 nitrogen and oxygen atoms in total. The van der Waals surface area contributed by atoms with E-state index >= 15 is 0 Å². The van der Waals surface area contributed by atoms with Crippen molar-refractivity contribution in [3.63, 3.8) is 0 Å². The van der Waals surface area contributed by atoms with Gasteiger partial charge < -0.3 is 5.11 Å². The number of aromatic nitrogens is 4. The van der Waals surface area contributed by atoms with Gasteiger partial charge in [0.15, 0.2) is 5.01 Å². The van der Waals surface area contributed by atoms with E-state index in [0.717, 1.165) is 22.1 Å². The molecule has 0 aliphatic rings. The largest absolute Gasteiger partial charge is 0.493 e. The van der Waals surface area contributed by atoms with Crippen LogP contribution in [0, 0.1) is 0 Å². The quantitative estimate of drug-likeness (QED) is 0.407. The molecule has 0 saturated heterocycles. The molecule has 2 heterocycles. The lowest BCUT2D eigenvalue weighted by Gasteiger charge is -2.09. The van der Waals surface area contributed by atoms with Crippen LogP contribution in [0.5, 0.6) is 5.88 Å². The third-order valence-electron chi connectivity index (χ3n) is 4.07. The van der Waals surface area contributed by atoms with E-state index in [0.29, 0.717) is 25.6 Å². The van der Waals surface area contributed by atoms with Crippen LogP contribution in [0.4, 0.5) is 5.13 Å². The van der Waals surface area contributed by atoms with Gasteiger partial charge in [0, 0.05) is 21.8 Å². The van der Waals surface area contributed by atoms with Crippen LogP contribution in [0.1, 0.15) is 5.56 Å². The van der Waals surface area contributed by atoms with Crippen LogP contribution >= 0.6 is 46.1 Å². The van der Waals surface area contributed by atoms with Crippen molar-refractivity contribution in [2.45, 2.75) is 0 Å². The van der Waals surface area contributed by atoms with E-state index < -0.39 is 17.1 Å². The van der Waals surface area contributed by atoms with Crippen LogP contribution in [0.2, 0.25) is 15.1 Å². The van der Waals surface area contributed by atoms with Crippen LogP contribution in [0.3, 0.4) is 0 Å². The summed E-state index contributed by atoms with van der Waals surface area (Å²) < 4.78 is 0.910. The predicted molar refractivity (Wildman–Crippen MR) is 122 cm³/mol. The normalized spacial score (nSPS) is 11.3. The maximum absolute atomic E-state index is 12.2. The molecule has 2 aromatic carbocycles. The first-order valence-corrected chi connectivity index (χ1v) is 10.5. The summed E-state index contributed by atoms with van der Waals surface area (Å²) >= 11 is 19.2. The lowest BCUT2D eigenvalue weighted by Crippen LogP contribution is -2.31. The predicted octanol–water partition coefficient (Wildman–Crippen LogP) is 4.46. The van der Waals surface area contributed by atoms with Gasteiger partial charge in [-0.1, -0.05) is 52.2 Å². The van der Waals surface area contributed by atoms with Crippen molar-refractivity contribution in [3.8, 4) is 22.1 Å². The summed E-state index contributed by atoms with van der Waals surface area (Å²) in [4.78, 5) is 30.7.